The van der Waals surface area contributed by atoms with Crippen LogP contribution in [0.4, 0.5) is 13.2 Å². The van der Waals surface area contributed by atoms with E-state index in [2.05, 4.69) is 0 Å². The number of hydrogen-bond donors (Lipinski definition) is 0. The smallest absolute Gasteiger partial charge is 0.389 e. The molecule has 0 rings (SSSR count). The third kappa shape index (κ3) is 10.3. The molecule has 0 aromatic carbocycles. The van der Waals surface area contributed by atoms with Crippen LogP contribution in [0.2, 0.25) is 51.9 Å². The maximum Gasteiger partial charge on any atom is 0.389 e. The first-order valence-corrected chi connectivity index (χ1v) is 15.4. The van der Waals surface area contributed by atoms with E-state index in [0.717, 1.165) is 0 Å². The van der Waals surface area contributed by atoms with Crippen molar-refractivity contribution in [2.45, 2.75) is 64.5 Å². The largest absolute Gasteiger partial charge is 0.437 e. The summed E-state index contributed by atoms with van der Waals surface area (Å²) in [7, 11) is -6.52. The van der Waals surface area contributed by atoms with Gasteiger partial charge in [-0.25, -0.2) is 0 Å². The summed E-state index contributed by atoms with van der Waals surface area (Å²) >= 11 is 0. The van der Waals surface area contributed by atoms with Crippen LogP contribution in [0.3, 0.4) is 0 Å². The summed E-state index contributed by atoms with van der Waals surface area (Å²) in [4.78, 5) is 0. The van der Waals surface area contributed by atoms with Gasteiger partial charge in [-0.2, -0.15) is 13.2 Å². The monoisotopic (exact) mass is 318 g/mol. The minimum atomic E-state index is -4.14. The van der Waals surface area contributed by atoms with E-state index in [9.17, 15) is 13.2 Å². The highest BCUT2D eigenvalue weighted by Crippen LogP contribution is 2.30. The Bertz CT molecular complexity index is 253. The third-order valence-corrected chi connectivity index (χ3v) is 11.4. The highest BCUT2D eigenvalue weighted by molar-refractivity contribution is 6.87. The molecule has 0 saturated heterocycles. The second-order valence-corrected chi connectivity index (χ2v) is 19.5. The van der Waals surface area contributed by atoms with Gasteiger partial charge in [0.2, 0.25) is 0 Å². The summed E-state index contributed by atoms with van der Waals surface area (Å²) in [5.74, 6) is 0. The van der Waals surface area contributed by atoms with Gasteiger partial charge in [-0.3, -0.25) is 0 Å². The van der Waals surface area contributed by atoms with Crippen molar-refractivity contribution in [3.05, 3.63) is 0 Å². The first-order chi connectivity index (χ1) is 7.62. The minimum absolute atomic E-state index is 0.00889. The third-order valence-electron chi connectivity index (χ3n) is 1.91. The van der Waals surface area contributed by atoms with Crippen molar-refractivity contribution in [3.63, 3.8) is 0 Å². The average molecular weight is 319 g/mol. The second-order valence-electron chi connectivity index (χ2n) is 6.68. The van der Waals surface area contributed by atoms with E-state index >= 15 is 0 Å². The van der Waals surface area contributed by atoms with Crippen molar-refractivity contribution in [2.24, 2.45) is 0 Å². The van der Waals surface area contributed by atoms with E-state index in [4.69, 9.17) is 8.23 Å². The summed E-state index contributed by atoms with van der Waals surface area (Å²) in [5.41, 5.74) is 0. The van der Waals surface area contributed by atoms with Gasteiger partial charge in [0.1, 0.15) is 0 Å². The summed E-state index contributed by atoms with van der Waals surface area (Å²) in [6.07, 6.45) is -4.95. The van der Waals surface area contributed by atoms with Crippen molar-refractivity contribution in [1.29, 1.82) is 0 Å². The molecule has 0 N–H and O–H groups in total. The van der Waals surface area contributed by atoms with E-state index in [-0.39, 0.29) is 6.04 Å². The average Bonchev–Trinajstić information content (AvgIpc) is 1.91. The van der Waals surface area contributed by atoms with Gasteiger partial charge in [-0.1, -0.05) is 0 Å². The van der Waals surface area contributed by atoms with E-state index in [1.807, 2.05) is 39.3 Å². The predicted molar refractivity (Wildman–Crippen MR) is 76.0 cm³/mol. The van der Waals surface area contributed by atoms with Crippen LogP contribution in [0, 0.1) is 0 Å². The highest BCUT2D eigenvalue weighted by Gasteiger charge is 2.43. The molecule has 0 fully saturated rings. The Morgan fingerprint density at radius 3 is 1.33 bits per heavy atom. The van der Waals surface area contributed by atoms with Gasteiger partial charge in [0, 0.05) is 6.42 Å². The zero-order chi connectivity index (χ0) is 14.8. The molecule has 0 heterocycles. The number of alkyl halides is 3. The Labute approximate surface area is 111 Å². The molecule has 0 unspecified atom stereocenters. The van der Waals surface area contributed by atoms with Gasteiger partial charge >= 0.3 is 14.7 Å². The highest BCUT2D eigenvalue weighted by atomic mass is 28.5. The standard InChI is InChI=1S/C10H25F3O2Si3/c1-16(2,3)14-18(7,15-17(4,5)6)9-8-10(11,12)13/h8-9H2,1-7H3. The fraction of sp³-hybridized carbons (Fsp3) is 1.00. The molecule has 110 valence electrons. The molecule has 0 bridgehead atoms. The molecule has 0 saturated carbocycles. The molecular weight excluding hydrogens is 293 g/mol. The predicted octanol–water partition coefficient (Wildman–Crippen LogP) is 4.71. The van der Waals surface area contributed by atoms with Gasteiger partial charge in [-0.15, -0.1) is 0 Å². The number of halogens is 3. The zero-order valence-corrected chi connectivity index (χ0v) is 15.4. The van der Waals surface area contributed by atoms with E-state index in [1.54, 1.807) is 6.55 Å². The lowest BCUT2D eigenvalue weighted by molar-refractivity contribution is -0.131. The van der Waals surface area contributed by atoms with Crippen LogP contribution in [0.5, 0.6) is 0 Å². The Kier molecular flexibility index (Phi) is 5.89. The van der Waals surface area contributed by atoms with Gasteiger partial charge in [0.15, 0.2) is 16.6 Å². The second kappa shape index (κ2) is 5.78. The first-order valence-electron chi connectivity index (χ1n) is 6.09. The molecule has 0 radical (unpaired) electrons. The topological polar surface area (TPSA) is 18.5 Å². The summed E-state index contributed by atoms with van der Waals surface area (Å²) in [6.45, 7) is 13.7. The Hall–Kier alpha value is 0.361. The molecule has 0 spiro atoms. The molecule has 0 atom stereocenters. The number of hydrogen-bond acceptors (Lipinski definition) is 2. The molecule has 0 amide bonds. The number of rotatable bonds is 6. The summed E-state index contributed by atoms with van der Waals surface area (Å²) < 4.78 is 49.1. The molecule has 0 aliphatic heterocycles. The summed E-state index contributed by atoms with van der Waals surface area (Å²) in [5, 5.41) is 0. The van der Waals surface area contributed by atoms with Crippen molar-refractivity contribution in [3.8, 4) is 0 Å². The van der Waals surface area contributed by atoms with E-state index < -0.39 is 37.8 Å². The first kappa shape index (κ1) is 18.4. The fourth-order valence-electron chi connectivity index (χ4n) is 1.79. The van der Waals surface area contributed by atoms with Gasteiger partial charge < -0.3 is 8.23 Å². The maximum atomic E-state index is 12.4. The van der Waals surface area contributed by atoms with Gasteiger partial charge in [0.05, 0.1) is 0 Å². The van der Waals surface area contributed by atoms with E-state index in [0.29, 0.717) is 0 Å². The SMILES string of the molecule is C[Si](C)(C)O[Si](C)(CCC(F)(F)F)O[Si](C)(C)C. The zero-order valence-electron chi connectivity index (χ0n) is 12.4. The molecule has 0 aliphatic carbocycles. The lowest BCUT2D eigenvalue weighted by atomic mass is 10.5. The Morgan fingerprint density at radius 2 is 1.11 bits per heavy atom. The molecule has 18 heavy (non-hydrogen) atoms. The molecule has 2 nitrogen and oxygen atoms in total. The van der Waals surface area contributed by atoms with Gasteiger partial charge in [0.25, 0.3) is 0 Å². The summed E-state index contributed by atoms with van der Waals surface area (Å²) in [6, 6.07) is -0.00889. The quantitative estimate of drug-likeness (QED) is 0.660. The van der Waals surface area contributed by atoms with Crippen LogP contribution in [0.1, 0.15) is 6.42 Å². The maximum absolute atomic E-state index is 12.4. The van der Waals surface area contributed by atoms with E-state index in [1.165, 1.54) is 0 Å². The molecule has 0 aliphatic rings. The van der Waals surface area contributed by atoms with Gasteiger partial charge in [-0.05, 0) is 51.9 Å². The van der Waals surface area contributed by atoms with Crippen LogP contribution in [-0.4, -0.2) is 31.4 Å². The minimum Gasteiger partial charge on any atom is -0.437 e. The van der Waals surface area contributed by atoms with Crippen LogP contribution in [0.25, 0.3) is 0 Å². The molecule has 0 aromatic heterocycles. The lowest BCUT2D eigenvalue weighted by Crippen LogP contribution is -2.52. The van der Waals surface area contributed by atoms with Crippen molar-refractivity contribution < 1.29 is 21.4 Å². The van der Waals surface area contributed by atoms with Crippen LogP contribution >= 0.6 is 0 Å². The molecule has 0 aromatic rings. The molecular formula is C10H25F3O2Si3. The van der Waals surface area contributed by atoms with Crippen LogP contribution < -0.4 is 0 Å². The molecule has 8 heteroatoms. The normalized spacial score (nSPS) is 15.0. The van der Waals surface area contributed by atoms with Crippen molar-refractivity contribution >= 4 is 25.2 Å². The fourth-order valence-corrected chi connectivity index (χ4v) is 14.2. The van der Waals surface area contributed by atoms with Crippen molar-refractivity contribution in [1.82, 2.24) is 0 Å². The Balaban J connectivity index is 4.81. The van der Waals surface area contributed by atoms with Crippen molar-refractivity contribution in [2.75, 3.05) is 0 Å². The lowest BCUT2D eigenvalue weighted by Gasteiger charge is -2.38. The Morgan fingerprint density at radius 1 is 0.778 bits per heavy atom. The van der Waals surface area contributed by atoms with Crippen LogP contribution in [0.15, 0.2) is 0 Å². The van der Waals surface area contributed by atoms with Crippen LogP contribution in [-0.2, 0) is 8.23 Å².